The minimum absolute atomic E-state index is 0.304. The van der Waals surface area contributed by atoms with Crippen LogP contribution in [0.2, 0.25) is 5.02 Å². The molecule has 1 heterocycles. The molecule has 6 heteroatoms. The van der Waals surface area contributed by atoms with E-state index >= 15 is 0 Å². The summed E-state index contributed by atoms with van der Waals surface area (Å²) in [5.41, 5.74) is 0.715. The summed E-state index contributed by atoms with van der Waals surface area (Å²) in [6.45, 7) is 0. The van der Waals surface area contributed by atoms with Gasteiger partial charge in [-0.2, -0.15) is 11.8 Å². The van der Waals surface area contributed by atoms with Gasteiger partial charge in [0.05, 0.1) is 15.6 Å². The molecule has 0 saturated carbocycles. The van der Waals surface area contributed by atoms with Gasteiger partial charge in [-0.3, -0.25) is 0 Å². The highest BCUT2D eigenvalue weighted by molar-refractivity contribution is 7.99. The van der Waals surface area contributed by atoms with Crippen molar-refractivity contribution in [1.29, 1.82) is 0 Å². The Hall–Kier alpha value is -0.390. The highest BCUT2D eigenvalue weighted by Gasteiger charge is 2.16. The largest absolute Gasteiger partial charge is 0.380 e. The molecule has 0 bridgehead atoms. The zero-order valence-electron chi connectivity index (χ0n) is 10.1. The fourth-order valence-corrected chi connectivity index (χ4v) is 3.81. The summed E-state index contributed by atoms with van der Waals surface area (Å²) in [7, 11) is -3.19. The van der Waals surface area contributed by atoms with Gasteiger partial charge < -0.3 is 5.32 Å². The maximum absolute atomic E-state index is 11.5. The van der Waals surface area contributed by atoms with Gasteiger partial charge in [0.15, 0.2) is 9.84 Å². The fourth-order valence-electron chi connectivity index (χ4n) is 1.92. The van der Waals surface area contributed by atoms with Gasteiger partial charge in [-0.05, 0) is 36.8 Å². The van der Waals surface area contributed by atoms with Gasteiger partial charge in [0, 0.05) is 18.1 Å². The second kappa shape index (κ2) is 5.72. The fraction of sp³-hybridized carbons (Fsp3) is 0.500. The third-order valence-electron chi connectivity index (χ3n) is 2.89. The van der Waals surface area contributed by atoms with Crippen LogP contribution in [0, 0.1) is 0 Å². The summed E-state index contributed by atoms with van der Waals surface area (Å²) in [6, 6.07) is 5.17. The molecule has 18 heavy (non-hydrogen) atoms. The summed E-state index contributed by atoms with van der Waals surface area (Å²) in [5.74, 6) is 2.24. The third-order valence-corrected chi connectivity index (χ3v) is 5.54. The Kier molecular flexibility index (Phi) is 4.45. The highest BCUT2D eigenvalue weighted by atomic mass is 35.5. The minimum atomic E-state index is -3.19. The van der Waals surface area contributed by atoms with Gasteiger partial charge >= 0.3 is 0 Å². The Labute approximate surface area is 117 Å². The maximum atomic E-state index is 11.5. The first-order valence-corrected chi connectivity index (χ1v) is 9.23. The summed E-state index contributed by atoms with van der Waals surface area (Å²) >= 11 is 8.02. The molecular formula is C12H16ClNO2S2. The van der Waals surface area contributed by atoms with Gasteiger partial charge in [0.2, 0.25) is 0 Å². The van der Waals surface area contributed by atoms with Crippen LogP contribution in [0.4, 0.5) is 5.69 Å². The summed E-state index contributed by atoms with van der Waals surface area (Å²) in [5, 5.41) is 3.91. The number of rotatable bonds is 3. The third kappa shape index (κ3) is 3.56. The molecule has 0 radical (unpaired) electrons. The lowest BCUT2D eigenvalue weighted by Gasteiger charge is -2.24. The number of benzene rings is 1. The van der Waals surface area contributed by atoms with Crippen molar-refractivity contribution in [2.45, 2.75) is 23.8 Å². The van der Waals surface area contributed by atoms with Crippen molar-refractivity contribution >= 4 is 38.9 Å². The molecule has 3 nitrogen and oxygen atoms in total. The first-order chi connectivity index (χ1) is 8.47. The Morgan fingerprint density at radius 2 is 2.22 bits per heavy atom. The van der Waals surface area contributed by atoms with Crippen molar-refractivity contribution in [1.82, 2.24) is 0 Å². The van der Waals surface area contributed by atoms with Gasteiger partial charge in [0.25, 0.3) is 0 Å². The lowest BCUT2D eigenvalue weighted by molar-refractivity contribution is 0.602. The van der Waals surface area contributed by atoms with E-state index in [0.29, 0.717) is 21.6 Å². The lowest BCUT2D eigenvalue weighted by Crippen LogP contribution is -2.25. The van der Waals surface area contributed by atoms with Gasteiger partial charge in [-0.1, -0.05) is 11.6 Å². The second-order valence-electron chi connectivity index (χ2n) is 4.47. The first-order valence-electron chi connectivity index (χ1n) is 5.81. The topological polar surface area (TPSA) is 46.2 Å². The van der Waals surface area contributed by atoms with E-state index in [2.05, 4.69) is 5.32 Å². The van der Waals surface area contributed by atoms with Gasteiger partial charge in [-0.25, -0.2) is 8.42 Å². The van der Waals surface area contributed by atoms with Crippen LogP contribution < -0.4 is 5.32 Å². The number of anilines is 1. The number of hydrogen-bond donors (Lipinski definition) is 1. The van der Waals surface area contributed by atoms with Crippen LogP contribution >= 0.6 is 23.4 Å². The predicted octanol–water partition coefficient (Wildman–Crippen LogP) is 3.05. The van der Waals surface area contributed by atoms with E-state index in [9.17, 15) is 8.42 Å². The number of halogens is 1. The van der Waals surface area contributed by atoms with E-state index in [4.69, 9.17) is 11.6 Å². The van der Waals surface area contributed by atoms with Crippen LogP contribution in [-0.4, -0.2) is 32.2 Å². The van der Waals surface area contributed by atoms with E-state index in [0.717, 1.165) is 12.2 Å². The van der Waals surface area contributed by atoms with Crippen molar-refractivity contribution in [3.63, 3.8) is 0 Å². The molecule has 0 spiro atoms. The van der Waals surface area contributed by atoms with Crippen molar-refractivity contribution in [2.24, 2.45) is 0 Å². The van der Waals surface area contributed by atoms with Crippen LogP contribution in [-0.2, 0) is 9.84 Å². The summed E-state index contributed by atoms with van der Waals surface area (Å²) < 4.78 is 23.0. The Morgan fingerprint density at radius 3 is 2.83 bits per heavy atom. The molecule has 0 aromatic heterocycles. The molecule has 1 N–H and O–H groups in total. The first kappa shape index (κ1) is 14.0. The lowest BCUT2D eigenvalue weighted by atomic mass is 10.1. The Balaban J connectivity index is 2.21. The van der Waals surface area contributed by atoms with Crippen LogP contribution in [0.25, 0.3) is 0 Å². The number of thioether (sulfide) groups is 1. The zero-order chi connectivity index (χ0) is 13.2. The van der Waals surface area contributed by atoms with E-state index < -0.39 is 9.84 Å². The van der Waals surface area contributed by atoms with Crippen LogP contribution in [0.3, 0.4) is 0 Å². The minimum Gasteiger partial charge on any atom is -0.380 e. The molecule has 1 fully saturated rings. The summed E-state index contributed by atoms with van der Waals surface area (Å²) in [6.07, 6.45) is 3.49. The van der Waals surface area contributed by atoms with Crippen molar-refractivity contribution in [3.8, 4) is 0 Å². The normalized spacial score (nSPS) is 20.7. The second-order valence-corrected chi connectivity index (χ2v) is 8.04. The molecule has 1 atom stereocenters. The van der Waals surface area contributed by atoms with E-state index in [1.807, 2.05) is 11.8 Å². The number of sulfone groups is 1. The predicted molar refractivity (Wildman–Crippen MR) is 78.5 cm³/mol. The molecule has 0 aliphatic carbocycles. The highest BCUT2D eigenvalue weighted by Crippen LogP contribution is 2.28. The van der Waals surface area contributed by atoms with Crippen LogP contribution in [0.1, 0.15) is 12.8 Å². The van der Waals surface area contributed by atoms with Crippen molar-refractivity contribution in [2.75, 3.05) is 23.1 Å². The van der Waals surface area contributed by atoms with Crippen LogP contribution in [0.15, 0.2) is 23.1 Å². The smallest absolute Gasteiger partial charge is 0.175 e. The molecule has 1 saturated heterocycles. The Morgan fingerprint density at radius 1 is 1.44 bits per heavy atom. The van der Waals surface area contributed by atoms with Crippen molar-refractivity contribution in [3.05, 3.63) is 23.2 Å². The molecule has 1 unspecified atom stereocenters. The van der Waals surface area contributed by atoms with E-state index in [1.54, 1.807) is 18.2 Å². The molecule has 1 aromatic carbocycles. The zero-order valence-corrected chi connectivity index (χ0v) is 12.5. The number of nitrogens with one attached hydrogen (secondary N) is 1. The monoisotopic (exact) mass is 305 g/mol. The van der Waals surface area contributed by atoms with Crippen LogP contribution in [0.5, 0.6) is 0 Å². The molecule has 1 aliphatic heterocycles. The van der Waals surface area contributed by atoms with E-state index in [1.165, 1.54) is 18.4 Å². The Bertz CT molecular complexity index is 525. The van der Waals surface area contributed by atoms with Crippen molar-refractivity contribution < 1.29 is 8.42 Å². The molecule has 1 aromatic rings. The molecule has 0 amide bonds. The number of hydrogen-bond acceptors (Lipinski definition) is 4. The summed E-state index contributed by atoms with van der Waals surface area (Å²) in [4.78, 5) is 0.304. The molecule has 100 valence electrons. The van der Waals surface area contributed by atoms with E-state index in [-0.39, 0.29) is 0 Å². The molecule has 2 rings (SSSR count). The van der Waals surface area contributed by atoms with Gasteiger partial charge in [-0.15, -0.1) is 0 Å². The molecule has 1 aliphatic rings. The van der Waals surface area contributed by atoms with Gasteiger partial charge in [0.1, 0.15) is 0 Å². The quantitative estimate of drug-likeness (QED) is 0.932. The average molecular weight is 306 g/mol. The standard InChI is InChI=1S/C12H16ClNO2S2/c1-18(15,16)10-4-5-11(13)12(7-10)14-9-3-2-6-17-8-9/h4-5,7,9,14H,2-3,6,8H2,1H3. The maximum Gasteiger partial charge on any atom is 0.175 e. The average Bonchev–Trinajstić information content (AvgIpc) is 2.32. The SMILES string of the molecule is CS(=O)(=O)c1ccc(Cl)c(NC2CCCSC2)c1. The molecular weight excluding hydrogens is 290 g/mol.